The van der Waals surface area contributed by atoms with Crippen molar-refractivity contribution in [2.75, 3.05) is 13.1 Å². The predicted octanol–water partition coefficient (Wildman–Crippen LogP) is 5.13. The van der Waals surface area contributed by atoms with Gasteiger partial charge in [-0.3, -0.25) is 9.98 Å². The van der Waals surface area contributed by atoms with Gasteiger partial charge in [0.15, 0.2) is 0 Å². The van der Waals surface area contributed by atoms with Crippen LogP contribution in [0.2, 0.25) is 0 Å². The molecule has 0 amide bonds. The second-order valence-corrected chi connectivity index (χ2v) is 7.46. The molecule has 0 bridgehead atoms. The zero-order chi connectivity index (χ0) is 16.5. The SMILES string of the molecule is C(=NCCc1cccs1)c1ccc(C=NCCc2cccs2)cc1. The van der Waals surface area contributed by atoms with E-state index >= 15 is 0 Å². The first-order valence-electron chi connectivity index (χ1n) is 8.05. The highest BCUT2D eigenvalue weighted by molar-refractivity contribution is 7.10. The van der Waals surface area contributed by atoms with Gasteiger partial charge in [-0.1, -0.05) is 36.4 Å². The molecule has 2 heterocycles. The van der Waals surface area contributed by atoms with Gasteiger partial charge in [0.05, 0.1) is 0 Å². The topological polar surface area (TPSA) is 24.7 Å². The summed E-state index contributed by atoms with van der Waals surface area (Å²) in [7, 11) is 0. The van der Waals surface area contributed by atoms with Crippen molar-refractivity contribution < 1.29 is 0 Å². The molecule has 0 N–H and O–H groups in total. The number of rotatable bonds is 8. The van der Waals surface area contributed by atoms with E-state index in [1.807, 2.05) is 12.4 Å². The Kier molecular flexibility index (Phi) is 6.51. The minimum atomic E-state index is 0.840. The fourth-order valence-corrected chi connectivity index (χ4v) is 3.66. The molecular weight excluding hydrogens is 332 g/mol. The molecule has 0 radical (unpaired) electrons. The largest absolute Gasteiger partial charge is 0.292 e. The molecule has 0 aliphatic rings. The van der Waals surface area contributed by atoms with E-state index in [1.165, 1.54) is 9.75 Å². The summed E-state index contributed by atoms with van der Waals surface area (Å²) in [6.45, 7) is 1.68. The Morgan fingerprint density at radius 3 is 1.50 bits per heavy atom. The zero-order valence-electron chi connectivity index (χ0n) is 13.5. The summed E-state index contributed by atoms with van der Waals surface area (Å²) < 4.78 is 0. The highest BCUT2D eigenvalue weighted by atomic mass is 32.1. The Balaban J connectivity index is 1.42. The summed E-state index contributed by atoms with van der Waals surface area (Å²) in [6, 6.07) is 16.9. The molecule has 2 aromatic heterocycles. The Morgan fingerprint density at radius 2 is 1.12 bits per heavy atom. The van der Waals surface area contributed by atoms with Gasteiger partial charge in [-0.15, -0.1) is 22.7 Å². The molecule has 2 nitrogen and oxygen atoms in total. The van der Waals surface area contributed by atoms with Crippen LogP contribution in [0.5, 0.6) is 0 Å². The summed E-state index contributed by atoms with van der Waals surface area (Å²) in [5.41, 5.74) is 2.27. The minimum Gasteiger partial charge on any atom is -0.292 e. The molecule has 0 spiro atoms. The smallest absolute Gasteiger partial charge is 0.0437 e. The number of hydrogen-bond donors (Lipinski definition) is 0. The van der Waals surface area contributed by atoms with Gasteiger partial charge < -0.3 is 0 Å². The Bertz CT molecular complexity index is 687. The number of aliphatic imine (C=N–C) groups is 2. The van der Waals surface area contributed by atoms with Crippen molar-refractivity contribution in [1.82, 2.24) is 0 Å². The van der Waals surface area contributed by atoms with E-state index in [2.05, 4.69) is 69.3 Å². The van der Waals surface area contributed by atoms with Crippen molar-refractivity contribution in [1.29, 1.82) is 0 Å². The monoisotopic (exact) mass is 352 g/mol. The van der Waals surface area contributed by atoms with Gasteiger partial charge in [-0.25, -0.2) is 0 Å². The van der Waals surface area contributed by atoms with Gasteiger partial charge in [0.2, 0.25) is 0 Å². The lowest BCUT2D eigenvalue weighted by Crippen LogP contribution is -1.90. The quantitative estimate of drug-likeness (QED) is 0.502. The number of benzene rings is 1. The molecule has 0 aliphatic carbocycles. The average molecular weight is 353 g/mol. The lowest BCUT2D eigenvalue weighted by molar-refractivity contribution is 0.993. The predicted molar refractivity (Wildman–Crippen MR) is 107 cm³/mol. The summed E-state index contributed by atoms with van der Waals surface area (Å²) in [5.74, 6) is 0. The molecule has 1 aromatic carbocycles. The van der Waals surface area contributed by atoms with Crippen LogP contribution in [0.3, 0.4) is 0 Å². The van der Waals surface area contributed by atoms with Crippen LogP contribution >= 0.6 is 22.7 Å². The number of hydrogen-bond acceptors (Lipinski definition) is 4. The first-order valence-corrected chi connectivity index (χ1v) is 9.80. The Labute approximate surface area is 151 Å². The second-order valence-electron chi connectivity index (χ2n) is 5.40. The van der Waals surface area contributed by atoms with E-state index in [9.17, 15) is 0 Å². The van der Waals surface area contributed by atoms with Crippen LogP contribution < -0.4 is 0 Å². The first kappa shape index (κ1) is 16.8. The average Bonchev–Trinajstić information content (AvgIpc) is 3.30. The standard InChI is InChI=1S/C20H20N2S2/c1-3-19(23-13-1)9-11-21-15-17-5-7-18(8-6-17)16-22-12-10-20-4-2-14-24-20/h1-8,13-16H,9-12H2. The highest BCUT2D eigenvalue weighted by Gasteiger charge is 1.93. The lowest BCUT2D eigenvalue weighted by atomic mass is 10.1. The maximum absolute atomic E-state index is 4.50. The molecule has 0 saturated heterocycles. The molecule has 0 aliphatic heterocycles. The number of thiophene rings is 2. The first-order chi connectivity index (χ1) is 11.9. The second kappa shape index (κ2) is 9.30. The van der Waals surface area contributed by atoms with Crippen molar-refractivity contribution in [3.63, 3.8) is 0 Å². The highest BCUT2D eigenvalue weighted by Crippen LogP contribution is 2.10. The van der Waals surface area contributed by atoms with Gasteiger partial charge in [0.25, 0.3) is 0 Å². The molecule has 0 fully saturated rings. The van der Waals surface area contributed by atoms with Gasteiger partial charge in [-0.05, 0) is 34.0 Å². The van der Waals surface area contributed by atoms with Crippen LogP contribution in [-0.4, -0.2) is 25.5 Å². The van der Waals surface area contributed by atoms with Crippen LogP contribution in [-0.2, 0) is 12.8 Å². The molecule has 4 heteroatoms. The summed E-state index contributed by atoms with van der Waals surface area (Å²) >= 11 is 3.58. The molecule has 0 unspecified atom stereocenters. The van der Waals surface area contributed by atoms with E-state index in [0.29, 0.717) is 0 Å². The van der Waals surface area contributed by atoms with E-state index in [0.717, 1.165) is 37.1 Å². The van der Waals surface area contributed by atoms with Crippen molar-refractivity contribution in [3.8, 4) is 0 Å². The van der Waals surface area contributed by atoms with Crippen LogP contribution in [0.1, 0.15) is 20.9 Å². The normalized spacial score (nSPS) is 11.7. The van der Waals surface area contributed by atoms with Gasteiger partial charge >= 0.3 is 0 Å². The minimum absolute atomic E-state index is 0.840. The maximum Gasteiger partial charge on any atom is 0.0437 e. The van der Waals surface area contributed by atoms with Gasteiger partial charge in [-0.2, -0.15) is 0 Å². The van der Waals surface area contributed by atoms with E-state index in [1.54, 1.807) is 22.7 Å². The molecule has 24 heavy (non-hydrogen) atoms. The maximum atomic E-state index is 4.50. The van der Waals surface area contributed by atoms with Crippen molar-refractivity contribution in [2.24, 2.45) is 9.98 Å². The third kappa shape index (κ3) is 5.55. The van der Waals surface area contributed by atoms with E-state index < -0.39 is 0 Å². The van der Waals surface area contributed by atoms with Crippen molar-refractivity contribution >= 4 is 35.1 Å². The zero-order valence-corrected chi connectivity index (χ0v) is 15.1. The summed E-state index contributed by atoms with van der Waals surface area (Å²) in [5, 5.41) is 4.22. The third-order valence-electron chi connectivity index (χ3n) is 3.55. The van der Waals surface area contributed by atoms with Crippen molar-refractivity contribution in [2.45, 2.75) is 12.8 Å². The third-order valence-corrected chi connectivity index (χ3v) is 5.42. The fourth-order valence-electron chi connectivity index (χ4n) is 2.27. The van der Waals surface area contributed by atoms with Crippen LogP contribution in [0.4, 0.5) is 0 Å². The fraction of sp³-hybridized carbons (Fsp3) is 0.200. The Morgan fingerprint density at radius 1 is 0.667 bits per heavy atom. The molecule has 0 saturated carbocycles. The molecule has 3 aromatic rings. The molecule has 3 rings (SSSR count). The van der Waals surface area contributed by atoms with E-state index in [-0.39, 0.29) is 0 Å². The van der Waals surface area contributed by atoms with Gasteiger partial charge in [0, 0.05) is 48.1 Å². The number of nitrogens with zero attached hydrogens (tertiary/aromatic N) is 2. The van der Waals surface area contributed by atoms with Crippen molar-refractivity contribution in [3.05, 3.63) is 80.2 Å². The summed E-state index contributed by atoms with van der Waals surface area (Å²) in [4.78, 5) is 11.8. The van der Waals surface area contributed by atoms with E-state index in [4.69, 9.17) is 0 Å². The molecule has 0 atom stereocenters. The Hall–Kier alpha value is -2.04. The molecule has 122 valence electrons. The van der Waals surface area contributed by atoms with Crippen LogP contribution in [0.25, 0.3) is 0 Å². The lowest BCUT2D eigenvalue weighted by Gasteiger charge is -1.97. The van der Waals surface area contributed by atoms with Crippen LogP contribution in [0, 0.1) is 0 Å². The van der Waals surface area contributed by atoms with Gasteiger partial charge in [0.1, 0.15) is 0 Å². The molecular formula is C20H20N2S2. The summed E-state index contributed by atoms with van der Waals surface area (Å²) in [6.07, 6.45) is 5.93. The van der Waals surface area contributed by atoms with Crippen LogP contribution in [0.15, 0.2) is 69.3 Å².